The lowest BCUT2D eigenvalue weighted by atomic mass is 10.2. The van der Waals surface area contributed by atoms with E-state index in [4.69, 9.17) is 10.2 Å². The Morgan fingerprint density at radius 1 is 1.08 bits per heavy atom. The first-order valence-electron chi connectivity index (χ1n) is 7.35. The quantitative estimate of drug-likeness (QED) is 0.773. The zero-order valence-corrected chi connectivity index (χ0v) is 14.0. The number of rotatable bonds is 5. The number of imide groups is 1. The Morgan fingerprint density at radius 3 is 2.38 bits per heavy atom. The van der Waals surface area contributed by atoms with Gasteiger partial charge in [0.15, 0.2) is 0 Å². The molecule has 1 saturated heterocycles. The van der Waals surface area contributed by atoms with Gasteiger partial charge in [-0.1, -0.05) is 0 Å². The van der Waals surface area contributed by atoms with Crippen LogP contribution in [0.2, 0.25) is 0 Å². The van der Waals surface area contributed by atoms with Crippen LogP contribution < -0.4 is 0 Å². The van der Waals surface area contributed by atoms with E-state index in [2.05, 4.69) is 0 Å². The van der Waals surface area contributed by atoms with Crippen LogP contribution in [0.1, 0.15) is 16.1 Å². The predicted molar refractivity (Wildman–Crippen MR) is 93.0 cm³/mol. The number of benzene rings is 1. The van der Waals surface area contributed by atoms with E-state index in [1.54, 1.807) is 35.0 Å². The molecule has 0 radical (unpaired) electrons. The number of carboxylic acids is 2. The molecular weight excluding hydrogens is 360 g/mol. The summed E-state index contributed by atoms with van der Waals surface area (Å²) in [6, 6.07) is 9.62. The Balaban J connectivity index is 1.90. The summed E-state index contributed by atoms with van der Waals surface area (Å²) in [6.07, 6.45) is 3.22. The fraction of sp³-hybridized carbons (Fsp3) is 0.0588. The van der Waals surface area contributed by atoms with Crippen molar-refractivity contribution in [3.8, 4) is 5.69 Å². The van der Waals surface area contributed by atoms with Gasteiger partial charge >= 0.3 is 11.9 Å². The molecule has 8 nitrogen and oxygen atoms in total. The number of thioether (sulfide) groups is 1. The Labute approximate surface area is 151 Å². The molecule has 26 heavy (non-hydrogen) atoms. The Hall–Kier alpha value is -3.33. The highest BCUT2D eigenvalue weighted by Crippen LogP contribution is 2.32. The molecule has 0 bridgehead atoms. The van der Waals surface area contributed by atoms with E-state index in [1.807, 2.05) is 0 Å². The monoisotopic (exact) mass is 372 g/mol. The molecule has 2 aromatic rings. The third kappa shape index (κ3) is 3.38. The first-order chi connectivity index (χ1) is 12.4. The molecule has 132 valence electrons. The molecular formula is C17H12N2O6S. The number of carbonyl (C=O) groups excluding carboxylic acids is 2. The molecule has 1 aliphatic heterocycles. The van der Waals surface area contributed by atoms with E-state index in [1.165, 1.54) is 18.2 Å². The van der Waals surface area contributed by atoms with Gasteiger partial charge < -0.3 is 14.8 Å². The van der Waals surface area contributed by atoms with Crippen LogP contribution in [0.25, 0.3) is 11.8 Å². The SMILES string of the molecule is O=C(O)CN1C(=O)S/C(=C\c2cccn2-c2ccc(C(=O)O)cc2)C1=O. The molecule has 0 aliphatic carbocycles. The maximum absolute atomic E-state index is 12.2. The topological polar surface area (TPSA) is 117 Å². The number of carboxylic acid groups (broad SMARTS) is 2. The largest absolute Gasteiger partial charge is 0.480 e. The summed E-state index contributed by atoms with van der Waals surface area (Å²) >= 11 is 0.676. The second-order valence-electron chi connectivity index (χ2n) is 5.32. The van der Waals surface area contributed by atoms with Crippen molar-refractivity contribution in [1.29, 1.82) is 0 Å². The summed E-state index contributed by atoms with van der Waals surface area (Å²) in [6.45, 7) is -0.681. The summed E-state index contributed by atoms with van der Waals surface area (Å²) in [5.74, 6) is -2.96. The molecule has 2 amide bonds. The normalized spacial score (nSPS) is 15.7. The number of aliphatic carboxylic acids is 1. The number of hydrogen-bond donors (Lipinski definition) is 2. The number of aromatic nitrogens is 1. The third-order valence-corrected chi connectivity index (χ3v) is 4.53. The van der Waals surface area contributed by atoms with Crippen LogP contribution in [0.4, 0.5) is 4.79 Å². The minimum atomic E-state index is -1.27. The average molecular weight is 372 g/mol. The van der Waals surface area contributed by atoms with E-state index in [9.17, 15) is 19.2 Å². The van der Waals surface area contributed by atoms with Crippen molar-refractivity contribution in [3.63, 3.8) is 0 Å². The summed E-state index contributed by atoms with van der Waals surface area (Å²) in [4.78, 5) is 46.5. The van der Waals surface area contributed by atoms with Crippen LogP contribution in [-0.2, 0) is 9.59 Å². The standard InChI is InChI=1S/C17H12N2O6S/c20-14(21)9-19-15(22)13(26-17(19)25)8-12-2-1-7-18(12)11-5-3-10(4-6-11)16(23)24/h1-8H,9H2,(H,20,21)(H,23,24)/b13-8-. The molecule has 2 heterocycles. The molecule has 1 fully saturated rings. The zero-order chi connectivity index (χ0) is 18.8. The van der Waals surface area contributed by atoms with Gasteiger partial charge in [0.1, 0.15) is 6.54 Å². The van der Waals surface area contributed by atoms with E-state index < -0.39 is 29.6 Å². The van der Waals surface area contributed by atoms with Gasteiger partial charge in [-0.05, 0) is 54.2 Å². The van der Waals surface area contributed by atoms with Crippen LogP contribution in [0.5, 0.6) is 0 Å². The second kappa shape index (κ2) is 6.89. The highest BCUT2D eigenvalue weighted by Gasteiger charge is 2.36. The Bertz CT molecular complexity index is 944. The highest BCUT2D eigenvalue weighted by molar-refractivity contribution is 8.18. The van der Waals surface area contributed by atoms with Crippen LogP contribution >= 0.6 is 11.8 Å². The molecule has 1 aliphatic rings. The van der Waals surface area contributed by atoms with Crippen molar-refractivity contribution < 1.29 is 29.4 Å². The summed E-state index contributed by atoms with van der Waals surface area (Å²) in [5, 5.41) is 17.1. The molecule has 2 N–H and O–H groups in total. The molecule has 0 unspecified atom stereocenters. The summed E-state index contributed by atoms with van der Waals surface area (Å²) in [5.41, 5.74) is 1.42. The molecule has 1 aromatic heterocycles. The van der Waals surface area contributed by atoms with E-state index in [-0.39, 0.29) is 10.5 Å². The van der Waals surface area contributed by atoms with Crippen molar-refractivity contribution in [2.75, 3.05) is 6.54 Å². The number of amides is 2. The number of hydrogen-bond acceptors (Lipinski definition) is 5. The maximum atomic E-state index is 12.2. The number of nitrogens with zero attached hydrogens (tertiary/aromatic N) is 2. The van der Waals surface area contributed by atoms with Gasteiger partial charge in [-0.2, -0.15) is 0 Å². The highest BCUT2D eigenvalue weighted by atomic mass is 32.2. The molecule has 0 saturated carbocycles. The van der Waals surface area contributed by atoms with Gasteiger partial charge in [-0.3, -0.25) is 19.3 Å². The van der Waals surface area contributed by atoms with Crippen LogP contribution in [0, 0.1) is 0 Å². The lowest BCUT2D eigenvalue weighted by Gasteiger charge is -2.08. The first-order valence-corrected chi connectivity index (χ1v) is 8.16. The number of carbonyl (C=O) groups is 4. The van der Waals surface area contributed by atoms with Crippen LogP contribution in [-0.4, -0.2) is 49.3 Å². The van der Waals surface area contributed by atoms with E-state index in [0.717, 1.165) is 0 Å². The van der Waals surface area contributed by atoms with Crippen molar-refractivity contribution >= 4 is 40.9 Å². The Morgan fingerprint density at radius 2 is 1.77 bits per heavy atom. The van der Waals surface area contributed by atoms with Crippen LogP contribution in [0.15, 0.2) is 47.5 Å². The van der Waals surface area contributed by atoms with Gasteiger partial charge in [0, 0.05) is 17.6 Å². The number of aromatic carboxylic acids is 1. The lowest BCUT2D eigenvalue weighted by molar-refractivity contribution is -0.140. The van der Waals surface area contributed by atoms with Crippen molar-refractivity contribution in [2.45, 2.75) is 0 Å². The fourth-order valence-electron chi connectivity index (χ4n) is 2.42. The minimum absolute atomic E-state index is 0.123. The first kappa shape index (κ1) is 17.5. The van der Waals surface area contributed by atoms with Gasteiger partial charge in [-0.15, -0.1) is 0 Å². The summed E-state index contributed by atoms with van der Waals surface area (Å²) < 4.78 is 1.72. The Kier molecular flexibility index (Phi) is 4.63. The minimum Gasteiger partial charge on any atom is -0.480 e. The maximum Gasteiger partial charge on any atom is 0.335 e. The third-order valence-electron chi connectivity index (χ3n) is 3.62. The van der Waals surface area contributed by atoms with Gasteiger partial charge in [0.25, 0.3) is 11.1 Å². The lowest BCUT2D eigenvalue weighted by Crippen LogP contribution is -2.33. The zero-order valence-electron chi connectivity index (χ0n) is 13.2. The van der Waals surface area contributed by atoms with Gasteiger partial charge in [0.2, 0.25) is 0 Å². The molecule has 3 rings (SSSR count). The smallest absolute Gasteiger partial charge is 0.335 e. The van der Waals surface area contributed by atoms with Crippen molar-refractivity contribution in [1.82, 2.24) is 9.47 Å². The molecule has 9 heteroatoms. The van der Waals surface area contributed by atoms with Crippen LogP contribution in [0.3, 0.4) is 0 Å². The average Bonchev–Trinajstić information content (AvgIpc) is 3.15. The van der Waals surface area contributed by atoms with Crippen molar-refractivity contribution in [2.24, 2.45) is 0 Å². The summed E-state index contributed by atoms with van der Waals surface area (Å²) in [7, 11) is 0. The molecule has 0 spiro atoms. The van der Waals surface area contributed by atoms with Gasteiger partial charge in [-0.25, -0.2) is 4.79 Å². The van der Waals surface area contributed by atoms with Crippen molar-refractivity contribution in [3.05, 3.63) is 58.8 Å². The van der Waals surface area contributed by atoms with E-state index in [0.29, 0.717) is 28.0 Å². The predicted octanol–water partition coefficient (Wildman–Crippen LogP) is 2.30. The van der Waals surface area contributed by atoms with E-state index >= 15 is 0 Å². The molecule has 0 atom stereocenters. The second-order valence-corrected chi connectivity index (χ2v) is 6.31. The van der Waals surface area contributed by atoms with Gasteiger partial charge in [0.05, 0.1) is 10.5 Å². The fourth-order valence-corrected chi connectivity index (χ4v) is 3.24. The molecule has 1 aromatic carbocycles.